The van der Waals surface area contributed by atoms with E-state index in [0.29, 0.717) is 18.5 Å². The maximum atomic E-state index is 9.81. The molecule has 1 aromatic rings. The van der Waals surface area contributed by atoms with Crippen molar-refractivity contribution in [1.29, 1.82) is 0 Å². The zero-order valence-electron chi connectivity index (χ0n) is 10.7. The number of aliphatic hydroxyl groups is 1. The van der Waals surface area contributed by atoms with E-state index < -0.39 is 6.10 Å². The van der Waals surface area contributed by atoms with E-state index in [0.717, 1.165) is 17.6 Å². The van der Waals surface area contributed by atoms with Crippen LogP contribution in [0.1, 0.15) is 32.6 Å². The first-order valence-electron chi connectivity index (χ1n) is 6.56. The SMILES string of the molecule is CC1CCCC(NCC(O)COc2cnsn2)C1. The smallest absolute Gasteiger partial charge is 0.245 e. The molecular weight excluding hydrogens is 250 g/mol. The third kappa shape index (κ3) is 4.51. The van der Waals surface area contributed by atoms with Gasteiger partial charge in [-0.2, -0.15) is 4.37 Å². The van der Waals surface area contributed by atoms with Gasteiger partial charge in [-0.3, -0.25) is 0 Å². The standard InChI is InChI=1S/C12H21N3O2S/c1-9-3-2-4-10(5-9)13-6-11(16)8-17-12-7-14-18-15-12/h7,9-11,13,16H,2-6,8H2,1H3. The summed E-state index contributed by atoms with van der Waals surface area (Å²) in [5, 5.41) is 13.2. The van der Waals surface area contributed by atoms with Crippen LogP contribution in [0.2, 0.25) is 0 Å². The molecule has 0 spiro atoms. The van der Waals surface area contributed by atoms with Gasteiger partial charge in [0.15, 0.2) is 0 Å². The van der Waals surface area contributed by atoms with Gasteiger partial charge < -0.3 is 15.2 Å². The molecule has 3 unspecified atom stereocenters. The van der Waals surface area contributed by atoms with Gasteiger partial charge in [-0.1, -0.05) is 19.8 Å². The average Bonchev–Trinajstić information content (AvgIpc) is 2.87. The molecule has 1 saturated carbocycles. The van der Waals surface area contributed by atoms with E-state index in [1.54, 1.807) is 6.20 Å². The van der Waals surface area contributed by atoms with Crippen molar-refractivity contribution in [3.8, 4) is 5.88 Å². The Bertz CT molecular complexity index is 334. The molecule has 0 saturated heterocycles. The van der Waals surface area contributed by atoms with Crippen molar-refractivity contribution in [1.82, 2.24) is 14.1 Å². The molecular formula is C12H21N3O2S. The molecule has 5 nitrogen and oxygen atoms in total. The van der Waals surface area contributed by atoms with Crippen LogP contribution in [0.5, 0.6) is 5.88 Å². The van der Waals surface area contributed by atoms with Crippen molar-refractivity contribution in [2.24, 2.45) is 5.92 Å². The molecule has 1 aliphatic carbocycles. The van der Waals surface area contributed by atoms with Crippen LogP contribution in [0, 0.1) is 5.92 Å². The number of aliphatic hydroxyl groups excluding tert-OH is 1. The molecule has 1 aliphatic rings. The van der Waals surface area contributed by atoms with Crippen molar-refractivity contribution >= 4 is 11.7 Å². The van der Waals surface area contributed by atoms with Gasteiger partial charge in [-0.25, -0.2) is 0 Å². The average molecular weight is 271 g/mol. The van der Waals surface area contributed by atoms with Crippen molar-refractivity contribution in [3.63, 3.8) is 0 Å². The van der Waals surface area contributed by atoms with Crippen LogP contribution in [-0.2, 0) is 0 Å². The first-order valence-corrected chi connectivity index (χ1v) is 7.29. The Morgan fingerprint density at radius 1 is 1.61 bits per heavy atom. The Balaban J connectivity index is 1.60. The summed E-state index contributed by atoms with van der Waals surface area (Å²) in [7, 11) is 0. The van der Waals surface area contributed by atoms with Gasteiger partial charge in [-0.05, 0) is 18.8 Å². The normalized spacial score (nSPS) is 25.9. The largest absolute Gasteiger partial charge is 0.473 e. The second-order valence-corrected chi connectivity index (χ2v) is 5.64. The van der Waals surface area contributed by atoms with Gasteiger partial charge in [0.1, 0.15) is 18.9 Å². The van der Waals surface area contributed by atoms with E-state index in [2.05, 4.69) is 21.0 Å². The number of ether oxygens (including phenoxy) is 1. The summed E-state index contributed by atoms with van der Waals surface area (Å²) < 4.78 is 13.1. The minimum atomic E-state index is -0.496. The van der Waals surface area contributed by atoms with E-state index in [4.69, 9.17) is 4.74 Å². The van der Waals surface area contributed by atoms with Gasteiger partial charge in [0.2, 0.25) is 5.88 Å². The molecule has 0 bridgehead atoms. The lowest BCUT2D eigenvalue weighted by molar-refractivity contribution is 0.0986. The highest BCUT2D eigenvalue weighted by molar-refractivity contribution is 6.99. The van der Waals surface area contributed by atoms with Crippen LogP contribution in [0.4, 0.5) is 0 Å². The second kappa shape index (κ2) is 7.01. The van der Waals surface area contributed by atoms with E-state index in [-0.39, 0.29) is 6.61 Å². The molecule has 3 atom stereocenters. The maximum absolute atomic E-state index is 9.81. The predicted molar refractivity (Wildman–Crippen MR) is 70.8 cm³/mol. The lowest BCUT2D eigenvalue weighted by atomic mass is 9.87. The van der Waals surface area contributed by atoms with Crippen molar-refractivity contribution in [2.75, 3.05) is 13.2 Å². The quantitative estimate of drug-likeness (QED) is 0.819. The molecule has 1 aromatic heterocycles. The molecule has 1 fully saturated rings. The molecule has 0 aromatic carbocycles. The molecule has 0 radical (unpaired) electrons. The monoisotopic (exact) mass is 271 g/mol. The summed E-state index contributed by atoms with van der Waals surface area (Å²) in [6.07, 6.45) is 6.12. The molecule has 6 heteroatoms. The fourth-order valence-electron chi connectivity index (χ4n) is 2.38. The lowest BCUT2D eigenvalue weighted by Crippen LogP contribution is -2.40. The Morgan fingerprint density at radius 3 is 3.22 bits per heavy atom. The Kier molecular flexibility index (Phi) is 5.34. The van der Waals surface area contributed by atoms with Crippen LogP contribution in [0.25, 0.3) is 0 Å². The van der Waals surface area contributed by atoms with E-state index in [1.165, 1.54) is 25.7 Å². The third-order valence-electron chi connectivity index (χ3n) is 3.34. The zero-order valence-corrected chi connectivity index (χ0v) is 11.5. The minimum Gasteiger partial charge on any atom is -0.473 e. The van der Waals surface area contributed by atoms with E-state index in [1.807, 2.05) is 0 Å². The highest BCUT2D eigenvalue weighted by atomic mass is 32.1. The Morgan fingerprint density at radius 2 is 2.50 bits per heavy atom. The van der Waals surface area contributed by atoms with Crippen LogP contribution in [0.15, 0.2) is 6.20 Å². The predicted octanol–water partition coefficient (Wildman–Crippen LogP) is 1.45. The number of hydrogen-bond donors (Lipinski definition) is 2. The topological polar surface area (TPSA) is 67.3 Å². The van der Waals surface area contributed by atoms with Gasteiger partial charge in [0, 0.05) is 12.6 Å². The summed E-state index contributed by atoms with van der Waals surface area (Å²) in [5.41, 5.74) is 0. The molecule has 1 heterocycles. The fourth-order valence-corrected chi connectivity index (χ4v) is 2.75. The number of nitrogens with zero attached hydrogens (tertiary/aromatic N) is 2. The highest BCUT2D eigenvalue weighted by Gasteiger charge is 2.19. The van der Waals surface area contributed by atoms with Gasteiger partial charge in [0.25, 0.3) is 0 Å². The van der Waals surface area contributed by atoms with E-state index >= 15 is 0 Å². The molecule has 0 aliphatic heterocycles. The van der Waals surface area contributed by atoms with Crippen LogP contribution < -0.4 is 10.1 Å². The molecule has 2 rings (SSSR count). The number of rotatable bonds is 6. The maximum Gasteiger partial charge on any atom is 0.245 e. The first kappa shape index (κ1) is 13.7. The van der Waals surface area contributed by atoms with Gasteiger partial charge in [-0.15, -0.1) is 4.37 Å². The van der Waals surface area contributed by atoms with Gasteiger partial charge >= 0.3 is 0 Å². The lowest BCUT2D eigenvalue weighted by Gasteiger charge is -2.28. The fraction of sp³-hybridized carbons (Fsp3) is 0.833. The summed E-state index contributed by atoms with van der Waals surface area (Å²) in [6, 6.07) is 0.546. The number of aromatic nitrogens is 2. The third-order valence-corrected chi connectivity index (χ3v) is 3.80. The van der Waals surface area contributed by atoms with E-state index in [9.17, 15) is 5.11 Å². The summed E-state index contributed by atoms with van der Waals surface area (Å²) in [5.74, 6) is 1.29. The Hall–Kier alpha value is -0.720. The molecule has 2 N–H and O–H groups in total. The van der Waals surface area contributed by atoms with Crippen molar-refractivity contribution in [2.45, 2.75) is 44.8 Å². The second-order valence-electron chi connectivity index (χ2n) is 5.09. The summed E-state index contributed by atoms with van der Waals surface area (Å²) in [4.78, 5) is 0. The first-order chi connectivity index (χ1) is 8.74. The Labute approximate surface area is 112 Å². The van der Waals surface area contributed by atoms with Crippen LogP contribution in [-0.4, -0.2) is 39.2 Å². The summed E-state index contributed by atoms with van der Waals surface area (Å²) in [6.45, 7) is 3.14. The number of hydrogen-bond acceptors (Lipinski definition) is 6. The van der Waals surface area contributed by atoms with Crippen LogP contribution in [0.3, 0.4) is 0 Å². The van der Waals surface area contributed by atoms with Crippen molar-refractivity contribution in [3.05, 3.63) is 6.20 Å². The number of nitrogens with one attached hydrogen (secondary N) is 1. The zero-order chi connectivity index (χ0) is 12.8. The minimum absolute atomic E-state index is 0.265. The summed E-state index contributed by atoms with van der Waals surface area (Å²) >= 11 is 1.11. The molecule has 102 valence electrons. The van der Waals surface area contributed by atoms with Gasteiger partial charge in [0.05, 0.1) is 11.7 Å². The van der Waals surface area contributed by atoms with Crippen LogP contribution >= 0.6 is 11.7 Å². The van der Waals surface area contributed by atoms with Crippen molar-refractivity contribution < 1.29 is 9.84 Å². The molecule has 0 amide bonds. The highest BCUT2D eigenvalue weighted by Crippen LogP contribution is 2.23. The molecule has 18 heavy (non-hydrogen) atoms.